The molecule has 3 heteroatoms. The summed E-state index contributed by atoms with van der Waals surface area (Å²) < 4.78 is 0. The van der Waals surface area contributed by atoms with Crippen molar-refractivity contribution in [1.29, 1.82) is 0 Å². The molecule has 0 aliphatic heterocycles. The highest BCUT2D eigenvalue weighted by Crippen LogP contribution is 2.50. The van der Waals surface area contributed by atoms with Gasteiger partial charge in [0.2, 0.25) is 0 Å². The Labute approximate surface area is 124 Å². The number of ketones is 1. The molecule has 3 nitrogen and oxygen atoms in total. The minimum Gasteiger partial charge on any atom is -0.507 e. The molecule has 0 saturated heterocycles. The van der Waals surface area contributed by atoms with Crippen molar-refractivity contribution < 1.29 is 15.0 Å². The van der Waals surface area contributed by atoms with Crippen molar-refractivity contribution >= 4 is 5.78 Å². The highest BCUT2D eigenvalue weighted by Gasteiger charge is 2.39. The van der Waals surface area contributed by atoms with Gasteiger partial charge in [0.25, 0.3) is 0 Å². The van der Waals surface area contributed by atoms with Crippen molar-refractivity contribution in [3.8, 4) is 11.5 Å². The summed E-state index contributed by atoms with van der Waals surface area (Å²) in [4.78, 5) is 12.3. The maximum absolute atomic E-state index is 12.3. The van der Waals surface area contributed by atoms with E-state index in [1.807, 2.05) is 32.1 Å². The lowest BCUT2D eigenvalue weighted by atomic mass is 9.68. The maximum Gasteiger partial charge on any atom is 0.189 e. The largest absolute Gasteiger partial charge is 0.507 e. The fourth-order valence-electron chi connectivity index (χ4n) is 3.63. The fourth-order valence-corrected chi connectivity index (χ4v) is 3.63. The molecule has 1 aromatic rings. The summed E-state index contributed by atoms with van der Waals surface area (Å²) in [7, 11) is 0. The molecule has 110 valence electrons. The minimum absolute atomic E-state index is 0.0581. The number of carbonyl (C=O) groups excluding carboxylic acids is 1. The van der Waals surface area contributed by atoms with Crippen LogP contribution in [0.4, 0.5) is 0 Å². The van der Waals surface area contributed by atoms with Crippen molar-refractivity contribution in [2.24, 2.45) is 0 Å². The predicted molar refractivity (Wildman–Crippen MR) is 82.1 cm³/mol. The Bertz CT molecular complexity index is 676. The van der Waals surface area contributed by atoms with Crippen LogP contribution in [0.5, 0.6) is 11.5 Å². The standard InChI is InChI=1S/C18H20O3/c1-3-18(4-2)10-9-13(19)14-15(18)17(21)12-8-6-5-7-11(12)16(14)20/h5-6,9-10,20-21H,3-4,7-8H2,1-2H3. The van der Waals surface area contributed by atoms with Gasteiger partial charge in [0.1, 0.15) is 11.5 Å². The van der Waals surface area contributed by atoms with Crippen molar-refractivity contribution in [2.75, 3.05) is 0 Å². The van der Waals surface area contributed by atoms with Crippen LogP contribution in [0.25, 0.3) is 0 Å². The van der Waals surface area contributed by atoms with Gasteiger partial charge < -0.3 is 10.2 Å². The number of hydrogen-bond acceptors (Lipinski definition) is 3. The Kier molecular flexibility index (Phi) is 3.16. The van der Waals surface area contributed by atoms with E-state index in [-0.39, 0.29) is 22.7 Å². The van der Waals surface area contributed by atoms with Gasteiger partial charge in [-0.2, -0.15) is 0 Å². The van der Waals surface area contributed by atoms with Crippen molar-refractivity contribution in [1.82, 2.24) is 0 Å². The number of aromatic hydroxyl groups is 2. The zero-order chi connectivity index (χ0) is 15.2. The molecule has 2 N–H and O–H groups in total. The first-order valence-electron chi connectivity index (χ1n) is 7.54. The molecule has 0 atom stereocenters. The van der Waals surface area contributed by atoms with Crippen LogP contribution in [-0.2, 0) is 18.3 Å². The molecule has 3 rings (SSSR count). The number of carbonyl (C=O) groups is 1. The van der Waals surface area contributed by atoms with Crippen LogP contribution >= 0.6 is 0 Å². The lowest BCUT2D eigenvalue weighted by Crippen LogP contribution is -2.29. The van der Waals surface area contributed by atoms with Crippen LogP contribution in [-0.4, -0.2) is 16.0 Å². The molecule has 0 saturated carbocycles. The summed E-state index contributed by atoms with van der Waals surface area (Å²) in [6, 6.07) is 0. The molecule has 0 aromatic heterocycles. The third-order valence-electron chi connectivity index (χ3n) is 5.03. The SMILES string of the molecule is CCC1(CC)C=CC(=O)c2c(O)c3c(c(O)c21)CC=CC3. The molecule has 1 aromatic carbocycles. The van der Waals surface area contributed by atoms with E-state index in [2.05, 4.69) is 0 Å². The molecular weight excluding hydrogens is 264 g/mol. The zero-order valence-electron chi connectivity index (χ0n) is 12.4. The van der Waals surface area contributed by atoms with Crippen molar-refractivity contribution in [3.05, 3.63) is 46.6 Å². The van der Waals surface area contributed by atoms with Crippen molar-refractivity contribution in [3.63, 3.8) is 0 Å². The molecule has 0 bridgehead atoms. The van der Waals surface area contributed by atoms with Crippen LogP contribution in [0.3, 0.4) is 0 Å². The van der Waals surface area contributed by atoms with Gasteiger partial charge in [0, 0.05) is 22.1 Å². The summed E-state index contributed by atoms with van der Waals surface area (Å²) in [5.74, 6) is 0.0407. The number of benzene rings is 1. The van der Waals surface area contributed by atoms with Crippen LogP contribution in [0, 0.1) is 0 Å². The average molecular weight is 284 g/mol. The third-order valence-corrected chi connectivity index (χ3v) is 5.03. The monoisotopic (exact) mass is 284 g/mol. The van der Waals surface area contributed by atoms with Gasteiger partial charge in [0.05, 0.1) is 5.56 Å². The van der Waals surface area contributed by atoms with Gasteiger partial charge in [-0.15, -0.1) is 0 Å². The van der Waals surface area contributed by atoms with Gasteiger partial charge in [-0.3, -0.25) is 4.79 Å². The van der Waals surface area contributed by atoms with Gasteiger partial charge in [0.15, 0.2) is 5.78 Å². The normalized spacial score (nSPS) is 18.5. The number of allylic oxidation sites excluding steroid dienone is 4. The maximum atomic E-state index is 12.3. The van der Waals surface area contributed by atoms with E-state index in [0.717, 1.165) is 18.4 Å². The second-order valence-electron chi connectivity index (χ2n) is 5.84. The quantitative estimate of drug-likeness (QED) is 0.645. The summed E-state index contributed by atoms with van der Waals surface area (Å²) in [6.07, 6.45) is 10.1. The fraction of sp³-hybridized carbons (Fsp3) is 0.389. The lowest BCUT2D eigenvalue weighted by Gasteiger charge is -2.36. The van der Waals surface area contributed by atoms with E-state index in [1.165, 1.54) is 0 Å². The van der Waals surface area contributed by atoms with Crippen LogP contribution in [0.2, 0.25) is 0 Å². The van der Waals surface area contributed by atoms with Crippen LogP contribution in [0.1, 0.15) is 53.7 Å². The van der Waals surface area contributed by atoms with E-state index < -0.39 is 0 Å². The molecular formula is C18H20O3. The first kappa shape index (κ1) is 13.9. The Morgan fingerprint density at radius 2 is 1.62 bits per heavy atom. The number of fused-ring (bicyclic) bond motifs is 2. The summed E-state index contributed by atoms with van der Waals surface area (Å²) in [5, 5.41) is 21.4. The Hall–Kier alpha value is -2.03. The highest BCUT2D eigenvalue weighted by atomic mass is 16.3. The van der Waals surface area contributed by atoms with Crippen molar-refractivity contribution in [2.45, 2.75) is 44.9 Å². The molecule has 0 amide bonds. The molecule has 2 aliphatic rings. The zero-order valence-corrected chi connectivity index (χ0v) is 12.4. The molecule has 21 heavy (non-hydrogen) atoms. The second kappa shape index (κ2) is 4.76. The molecule has 0 fully saturated rings. The van der Waals surface area contributed by atoms with Gasteiger partial charge in [-0.05, 0) is 31.8 Å². The Morgan fingerprint density at radius 3 is 2.19 bits per heavy atom. The minimum atomic E-state index is -0.374. The summed E-state index contributed by atoms with van der Waals surface area (Å²) >= 11 is 0. The number of rotatable bonds is 2. The predicted octanol–water partition coefficient (Wildman–Crippen LogP) is 3.56. The van der Waals surface area contributed by atoms with Gasteiger partial charge in [-0.1, -0.05) is 32.1 Å². The molecule has 0 unspecified atom stereocenters. The lowest BCUT2D eigenvalue weighted by molar-refractivity contribution is 0.103. The molecule has 0 heterocycles. The van der Waals surface area contributed by atoms with Gasteiger partial charge in [-0.25, -0.2) is 0 Å². The van der Waals surface area contributed by atoms with E-state index in [4.69, 9.17) is 0 Å². The first-order chi connectivity index (χ1) is 10.1. The third kappa shape index (κ3) is 1.76. The molecule has 0 spiro atoms. The van der Waals surface area contributed by atoms with E-state index in [1.54, 1.807) is 6.08 Å². The summed E-state index contributed by atoms with van der Waals surface area (Å²) in [5.41, 5.74) is 2.00. The second-order valence-corrected chi connectivity index (χ2v) is 5.84. The van der Waals surface area contributed by atoms with Crippen LogP contribution in [0.15, 0.2) is 24.3 Å². The topological polar surface area (TPSA) is 57.5 Å². The number of hydrogen-bond donors (Lipinski definition) is 2. The number of phenols is 2. The van der Waals surface area contributed by atoms with E-state index in [9.17, 15) is 15.0 Å². The first-order valence-corrected chi connectivity index (χ1v) is 7.54. The Morgan fingerprint density at radius 1 is 1.05 bits per heavy atom. The molecule has 2 aliphatic carbocycles. The average Bonchev–Trinajstić information content (AvgIpc) is 2.53. The van der Waals surface area contributed by atoms with Gasteiger partial charge >= 0.3 is 0 Å². The smallest absolute Gasteiger partial charge is 0.189 e. The number of phenolic OH excluding ortho intramolecular Hbond substituents is 2. The highest BCUT2D eigenvalue weighted by molar-refractivity contribution is 6.10. The summed E-state index contributed by atoms with van der Waals surface area (Å²) in [6.45, 7) is 4.09. The molecule has 0 radical (unpaired) electrons. The van der Waals surface area contributed by atoms with E-state index in [0.29, 0.717) is 29.5 Å². The van der Waals surface area contributed by atoms with E-state index >= 15 is 0 Å². The van der Waals surface area contributed by atoms with Crippen LogP contribution < -0.4 is 0 Å². The Balaban J connectivity index is 2.39.